The Morgan fingerprint density at radius 3 is 2.52 bits per heavy atom. The van der Waals surface area contributed by atoms with Crippen LogP contribution in [0.4, 0.5) is 0 Å². The van der Waals surface area contributed by atoms with Crippen LogP contribution in [0.5, 0.6) is 11.5 Å². The van der Waals surface area contributed by atoms with E-state index in [2.05, 4.69) is 15.9 Å². The van der Waals surface area contributed by atoms with Crippen LogP contribution in [-0.2, 0) is 6.54 Å². The number of hydrogen-bond donors (Lipinski definition) is 1. The van der Waals surface area contributed by atoms with Crippen molar-refractivity contribution in [1.29, 1.82) is 0 Å². The molecule has 2 aromatic carbocycles. The van der Waals surface area contributed by atoms with Crippen LogP contribution >= 0.6 is 39.1 Å². The van der Waals surface area contributed by atoms with E-state index >= 15 is 0 Å². The lowest BCUT2D eigenvalue weighted by molar-refractivity contribution is 0.216. The molecule has 0 bridgehead atoms. The zero-order valence-corrected chi connectivity index (χ0v) is 14.2. The molecular weight excluding hydrogens is 377 g/mol. The van der Waals surface area contributed by atoms with E-state index in [9.17, 15) is 0 Å². The van der Waals surface area contributed by atoms with Gasteiger partial charge in [-0.25, -0.2) is 0 Å². The summed E-state index contributed by atoms with van der Waals surface area (Å²) in [6.07, 6.45) is 0. The number of ether oxygens (including phenoxy) is 2. The van der Waals surface area contributed by atoms with E-state index in [4.69, 9.17) is 38.4 Å². The maximum atomic E-state index is 6.12. The van der Waals surface area contributed by atoms with Crippen molar-refractivity contribution < 1.29 is 9.47 Å². The monoisotopic (exact) mass is 389 g/mol. The minimum Gasteiger partial charge on any atom is -0.490 e. The van der Waals surface area contributed by atoms with Gasteiger partial charge in [0.15, 0.2) is 0 Å². The largest absolute Gasteiger partial charge is 0.490 e. The molecule has 0 unspecified atom stereocenters. The summed E-state index contributed by atoms with van der Waals surface area (Å²) >= 11 is 15.4. The second-order valence-corrected chi connectivity index (χ2v) is 5.99. The van der Waals surface area contributed by atoms with E-state index in [1.54, 1.807) is 12.1 Å². The first-order valence-corrected chi connectivity index (χ1v) is 7.84. The molecule has 0 spiro atoms. The summed E-state index contributed by atoms with van der Waals surface area (Å²) in [5.41, 5.74) is 6.44. The summed E-state index contributed by atoms with van der Waals surface area (Å²) < 4.78 is 12.2. The van der Waals surface area contributed by atoms with Crippen LogP contribution in [0.15, 0.2) is 40.9 Å². The molecule has 0 amide bonds. The molecule has 6 heteroatoms. The van der Waals surface area contributed by atoms with Crippen molar-refractivity contribution in [2.24, 2.45) is 5.73 Å². The van der Waals surface area contributed by atoms with E-state index in [1.165, 1.54) is 0 Å². The normalized spacial score (nSPS) is 10.5. The second kappa shape index (κ2) is 7.90. The van der Waals surface area contributed by atoms with Gasteiger partial charge in [-0.1, -0.05) is 45.2 Å². The fourth-order valence-electron chi connectivity index (χ4n) is 1.79. The van der Waals surface area contributed by atoms with Crippen LogP contribution in [0.1, 0.15) is 5.56 Å². The Bertz CT molecular complexity index is 623. The molecule has 112 valence electrons. The van der Waals surface area contributed by atoms with Crippen LogP contribution in [0.2, 0.25) is 10.0 Å². The smallest absolute Gasteiger partial charge is 0.142 e. The molecule has 0 saturated carbocycles. The summed E-state index contributed by atoms with van der Waals surface area (Å²) in [7, 11) is 0. The number of rotatable bonds is 6. The standard InChI is InChI=1S/C15H14BrCl2NO2/c16-11-2-1-3-13(7-11)20-4-5-21-15-10(9-19)6-12(17)8-14(15)18/h1-3,6-8H,4-5,9,19H2. The van der Waals surface area contributed by atoms with Crippen LogP contribution in [-0.4, -0.2) is 13.2 Å². The quantitative estimate of drug-likeness (QED) is 0.728. The van der Waals surface area contributed by atoms with Crippen molar-refractivity contribution in [1.82, 2.24) is 0 Å². The van der Waals surface area contributed by atoms with Crippen molar-refractivity contribution in [3.8, 4) is 11.5 Å². The molecule has 2 N–H and O–H groups in total. The number of benzene rings is 2. The Hall–Kier alpha value is -0.940. The molecule has 2 aromatic rings. The summed E-state index contributed by atoms with van der Waals surface area (Å²) in [5, 5.41) is 0.989. The van der Waals surface area contributed by atoms with Gasteiger partial charge in [-0.05, 0) is 30.3 Å². The summed E-state index contributed by atoms with van der Waals surface area (Å²) in [4.78, 5) is 0. The Labute approximate surface area is 142 Å². The van der Waals surface area contributed by atoms with Crippen molar-refractivity contribution >= 4 is 39.1 Å². The van der Waals surface area contributed by atoms with Gasteiger partial charge >= 0.3 is 0 Å². The molecule has 0 saturated heterocycles. The topological polar surface area (TPSA) is 44.5 Å². The van der Waals surface area contributed by atoms with Crippen LogP contribution < -0.4 is 15.2 Å². The molecule has 0 heterocycles. The Kier molecular flexibility index (Phi) is 6.18. The van der Waals surface area contributed by atoms with Gasteiger partial charge in [0.25, 0.3) is 0 Å². The third-order valence-corrected chi connectivity index (χ3v) is 3.69. The van der Waals surface area contributed by atoms with Crippen LogP contribution in [0.3, 0.4) is 0 Å². The highest BCUT2D eigenvalue weighted by Gasteiger charge is 2.09. The van der Waals surface area contributed by atoms with Crippen molar-refractivity contribution in [2.45, 2.75) is 6.54 Å². The van der Waals surface area contributed by atoms with Gasteiger partial charge in [-0.2, -0.15) is 0 Å². The minimum absolute atomic E-state index is 0.308. The highest BCUT2D eigenvalue weighted by Crippen LogP contribution is 2.32. The van der Waals surface area contributed by atoms with Crippen molar-refractivity contribution in [2.75, 3.05) is 13.2 Å². The van der Waals surface area contributed by atoms with Gasteiger partial charge in [0.05, 0.1) is 5.02 Å². The van der Waals surface area contributed by atoms with Crippen LogP contribution in [0.25, 0.3) is 0 Å². The molecular formula is C15H14BrCl2NO2. The third-order valence-electron chi connectivity index (χ3n) is 2.70. The first kappa shape index (κ1) is 16.4. The first-order valence-electron chi connectivity index (χ1n) is 6.29. The van der Waals surface area contributed by atoms with Crippen molar-refractivity contribution in [3.63, 3.8) is 0 Å². The molecule has 0 aromatic heterocycles. The maximum absolute atomic E-state index is 6.12. The second-order valence-electron chi connectivity index (χ2n) is 4.23. The van der Waals surface area contributed by atoms with Gasteiger partial charge in [-0.3, -0.25) is 0 Å². The number of hydrogen-bond acceptors (Lipinski definition) is 3. The predicted molar refractivity (Wildman–Crippen MR) is 89.5 cm³/mol. The Balaban J connectivity index is 1.92. The van der Waals surface area contributed by atoms with E-state index in [-0.39, 0.29) is 0 Å². The first-order chi connectivity index (χ1) is 10.1. The molecule has 0 fully saturated rings. The highest BCUT2D eigenvalue weighted by molar-refractivity contribution is 9.10. The lowest BCUT2D eigenvalue weighted by Crippen LogP contribution is -2.11. The molecule has 0 aliphatic heterocycles. The molecule has 21 heavy (non-hydrogen) atoms. The SMILES string of the molecule is NCc1cc(Cl)cc(Cl)c1OCCOc1cccc(Br)c1. The fourth-order valence-corrected chi connectivity index (χ4v) is 2.76. The fraction of sp³-hybridized carbons (Fsp3) is 0.200. The van der Waals surface area contributed by atoms with E-state index in [0.717, 1.165) is 15.8 Å². The van der Waals surface area contributed by atoms with E-state index < -0.39 is 0 Å². The Morgan fingerprint density at radius 1 is 1.05 bits per heavy atom. The lowest BCUT2D eigenvalue weighted by Gasteiger charge is -2.13. The summed E-state index contributed by atoms with van der Waals surface area (Å²) in [6, 6.07) is 11.0. The molecule has 2 rings (SSSR count). The highest BCUT2D eigenvalue weighted by atomic mass is 79.9. The van der Waals surface area contributed by atoms with Crippen molar-refractivity contribution in [3.05, 3.63) is 56.5 Å². The van der Waals surface area contributed by atoms with Gasteiger partial charge in [0.1, 0.15) is 24.7 Å². The zero-order chi connectivity index (χ0) is 15.2. The van der Waals surface area contributed by atoms with E-state index in [1.807, 2.05) is 24.3 Å². The molecule has 0 atom stereocenters. The van der Waals surface area contributed by atoms with Gasteiger partial charge in [0, 0.05) is 21.6 Å². The number of halogens is 3. The summed E-state index contributed by atoms with van der Waals surface area (Å²) in [6.45, 7) is 1.07. The van der Waals surface area contributed by atoms with Gasteiger partial charge in [0.2, 0.25) is 0 Å². The molecule has 0 aliphatic rings. The zero-order valence-electron chi connectivity index (χ0n) is 11.1. The van der Waals surface area contributed by atoms with Gasteiger partial charge in [-0.15, -0.1) is 0 Å². The average Bonchev–Trinajstić information content (AvgIpc) is 2.44. The Morgan fingerprint density at radius 2 is 1.81 bits per heavy atom. The molecule has 0 aliphatic carbocycles. The average molecular weight is 391 g/mol. The molecule has 0 radical (unpaired) electrons. The lowest BCUT2D eigenvalue weighted by atomic mass is 10.2. The molecule has 3 nitrogen and oxygen atoms in total. The number of nitrogens with two attached hydrogens (primary N) is 1. The van der Waals surface area contributed by atoms with Gasteiger partial charge < -0.3 is 15.2 Å². The van der Waals surface area contributed by atoms with Crippen LogP contribution in [0, 0.1) is 0 Å². The third kappa shape index (κ3) is 4.78. The van der Waals surface area contributed by atoms with E-state index in [0.29, 0.717) is 35.6 Å². The predicted octanol–water partition coefficient (Wildman–Crippen LogP) is 4.67. The maximum Gasteiger partial charge on any atom is 0.142 e. The summed E-state index contributed by atoms with van der Waals surface area (Å²) in [5.74, 6) is 1.33. The minimum atomic E-state index is 0.308.